The summed E-state index contributed by atoms with van der Waals surface area (Å²) in [6, 6.07) is 18.2. The molecule has 4 aromatic rings. The molecule has 156 valence electrons. The molecule has 1 heteroatoms. The Morgan fingerprint density at radius 1 is 0.581 bits per heavy atom. The maximum atomic E-state index is 3.70. The Balaban J connectivity index is 1.96. The molecule has 0 spiro atoms. The molecule has 0 N–H and O–H groups in total. The van der Waals surface area contributed by atoms with Gasteiger partial charge in [-0.1, -0.05) is 60.1 Å². The van der Waals surface area contributed by atoms with Gasteiger partial charge in [0.1, 0.15) is 0 Å². The van der Waals surface area contributed by atoms with Crippen molar-refractivity contribution in [2.45, 2.75) is 53.9 Å². The fraction of sp³-hybridized carbons (Fsp3) is 0.267. The maximum Gasteiger partial charge on any atom is 0.0178 e. The van der Waals surface area contributed by atoms with Crippen molar-refractivity contribution in [1.82, 2.24) is 0 Å². The first-order valence-electron chi connectivity index (χ1n) is 11.1. The summed E-state index contributed by atoms with van der Waals surface area (Å²) < 4.78 is 1.15. The molecule has 5 rings (SSSR count). The van der Waals surface area contributed by atoms with E-state index >= 15 is 0 Å². The molecule has 0 aliphatic heterocycles. The fourth-order valence-corrected chi connectivity index (χ4v) is 6.03. The van der Waals surface area contributed by atoms with Crippen LogP contribution in [0.5, 0.6) is 0 Å². The molecule has 0 unspecified atom stereocenters. The predicted octanol–water partition coefficient (Wildman–Crippen LogP) is 9.12. The summed E-state index contributed by atoms with van der Waals surface area (Å²) >= 11 is 3.70. The van der Waals surface area contributed by atoms with Crippen LogP contribution in [0.3, 0.4) is 0 Å². The van der Waals surface area contributed by atoms with Gasteiger partial charge in [-0.25, -0.2) is 0 Å². The normalized spacial score (nSPS) is 14.1. The van der Waals surface area contributed by atoms with Gasteiger partial charge < -0.3 is 0 Å². The van der Waals surface area contributed by atoms with Gasteiger partial charge >= 0.3 is 0 Å². The summed E-state index contributed by atoms with van der Waals surface area (Å²) in [4.78, 5) is 0. The molecule has 0 heterocycles. The third-order valence-corrected chi connectivity index (χ3v) is 8.40. The first kappa shape index (κ1) is 20.5. The van der Waals surface area contributed by atoms with E-state index in [1.165, 1.54) is 72.0 Å². The number of fused-ring (bicyclic) bond motifs is 5. The average molecular weight is 469 g/mol. The molecule has 0 saturated carbocycles. The van der Waals surface area contributed by atoms with Gasteiger partial charge in [-0.05, 0) is 125 Å². The van der Waals surface area contributed by atoms with E-state index in [4.69, 9.17) is 0 Å². The van der Waals surface area contributed by atoms with Crippen molar-refractivity contribution in [3.8, 4) is 22.3 Å². The molecular weight excluding hydrogens is 440 g/mol. The topological polar surface area (TPSA) is 0 Å². The van der Waals surface area contributed by atoms with Crippen LogP contribution in [0.2, 0.25) is 0 Å². The zero-order chi connectivity index (χ0) is 22.2. The Morgan fingerprint density at radius 3 is 1.81 bits per heavy atom. The van der Waals surface area contributed by atoms with Crippen LogP contribution in [-0.4, -0.2) is 0 Å². The van der Waals surface area contributed by atoms with E-state index in [1.807, 2.05) is 0 Å². The van der Waals surface area contributed by atoms with Gasteiger partial charge in [-0.3, -0.25) is 0 Å². The molecule has 0 saturated heterocycles. The van der Waals surface area contributed by atoms with Crippen LogP contribution in [0.25, 0.3) is 33.0 Å². The molecular formula is C30H29Br. The fourth-order valence-electron chi connectivity index (χ4n) is 5.67. The highest BCUT2D eigenvalue weighted by Crippen LogP contribution is 2.54. The van der Waals surface area contributed by atoms with Crippen molar-refractivity contribution in [2.24, 2.45) is 0 Å². The van der Waals surface area contributed by atoms with E-state index in [0.29, 0.717) is 0 Å². The standard InChI is InChI=1S/C30H29Br/c1-16-17(2)19(4)28(20(5)18(16)3)25-15-27-29(23-11-9-8-10-22(23)25)24-13-12-21(31)14-26(24)30(27,6)7/h8-15H,1-7H3. The van der Waals surface area contributed by atoms with E-state index < -0.39 is 0 Å². The van der Waals surface area contributed by atoms with Crippen molar-refractivity contribution in [1.29, 1.82) is 0 Å². The minimum absolute atomic E-state index is 0.0379. The highest BCUT2D eigenvalue weighted by atomic mass is 79.9. The zero-order valence-electron chi connectivity index (χ0n) is 19.5. The molecule has 0 atom stereocenters. The smallest absolute Gasteiger partial charge is 0.0178 e. The molecule has 0 radical (unpaired) electrons. The van der Waals surface area contributed by atoms with E-state index in [0.717, 1.165) is 4.47 Å². The van der Waals surface area contributed by atoms with E-state index in [9.17, 15) is 0 Å². The maximum absolute atomic E-state index is 3.70. The Morgan fingerprint density at radius 2 is 1.16 bits per heavy atom. The molecule has 0 amide bonds. The second kappa shape index (κ2) is 6.81. The third kappa shape index (κ3) is 2.72. The van der Waals surface area contributed by atoms with Crippen molar-refractivity contribution >= 4 is 26.7 Å². The zero-order valence-corrected chi connectivity index (χ0v) is 21.1. The van der Waals surface area contributed by atoms with Crippen LogP contribution in [0.15, 0.2) is 53.0 Å². The SMILES string of the molecule is Cc1c(C)c(C)c(-c2cc3c(c4ccccc24)-c2ccc(Br)cc2C3(C)C)c(C)c1C. The number of hydrogen-bond donors (Lipinski definition) is 0. The monoisotopic (exact) mass is 468 g/mol. The minimum Gasteiger partial charge on any atom is -0.0616 e. The Bertz CT molecular complexity index is 1370. The Kier molecular flexibility index (Phi) is 4.51. The summed E-state index contributed by atoms with van der Waals surface area (Å²) in [5.74, 6) is 0. The van der Waals surface area contributed by atoms with Crippen molar-refractivity contribution < 1.29 is 0 Å². The van der Waals surface area contributed by atoms with Gasteiger partial charge in [-0.2, -0.15) is 0 Å². The number of benzene rings is 4. The van der Waals surface area contributed by atoms with Crippen LogP contribution < -0.4 is 0 Å². The molecule has 1 aliphatic carbocycles. The van der Waals surface area contributed by atoms with Gasteiger partial charge in [0.25, 0.3) is 0 Å². The van der Waals surface area contributed by atoms with E-state index in [2.05, 4.69) is 113 Å². The van der Waals surface area contributed by atoms with E-state index in [1.54, 1.807) is 0 Å². The average Bonchev–Trinajstić information content (AvgIpc) is 2.98. The molecule has 31 heavy (non-hydrogen) atoms. The lowest BCUT2D eigenvalue weighted by atomic mass is 9.78. The lowest BCUT2D eigenvalue weighted by Crippen LogP contribution is -2.15. The second-order valence-electron chi connectivity index (χ2n) is 9.71. The van der Waals surface area contributed by atoms with Crippen LogP contribution in [0, 0.1) is 34.6 Å². The van der Waals surface area contributed by atoms with Gasteiger partial charge in [-0.15, -0.1) is 0 Å². The van der Waals surface area contributed by atoms with Gasteiger partial charge in [0.2, 0.25) is 0 Å². The molecule has 4 aromatic carbocycles. The largest absolute Gasteiger partial charge is 0.0616 e. The Labute approximate surface area is 194 Å². The van der Waals surface area contributed by atoms with Crippen LogP contribution in [0.1, 0.15) is 52.8 Å². The van der Waals surface area contributed by atoms with Crippen LogP contribution >= 0.6 is 15.9 Å². The molecule has 1 aliphatic rings. The number of hydrogen-bond acceptors (Lipinski definition) is 0. The summed E-state index contributed by atoms with van der Waals surface area (Å²) in [5.41, 5.74) is 15.4. The molecule has 0 nitrogen and oxygen atoms in total. The lowest BCUT2D eigenvalue weighted by Gasteiger charge is -2.25. The summed E-state index contributed by atoms with van der Waals surface area (Å²) in [6.07, 6.45) is 0. The number of halogens is 1. The third-order valence-electron chi connectivity index (χ3n) is 7.91. The summed E-state index contributed by atoms with van der Waals surface area (Å²) in [6.45, 7) is 16.1. The van der Waals surface area contributed by atoms with Gasteiger partial charge in [0.05, 0.1) is 0 Å². The highest BCUT2D eigenvalue weighted by molar-refractivity contribution is 9.10. The van der Waals surface area contributed by atoms with Gasteiger partial charge in [0, 0.05) is 9.89 Å². The lowest BCUT2D eigenvalue weighted by molar-refractivity contribution is 0.660. The Hall–Kier alpha value is -2.38. The quantitative estimate of drug-likeness (QED) is 0.261. The number of rotatable bonds is 1. The minimum atomic E-state index is -0.0379. The highest BCUT2D eigenvalue weighted by Gasteiger charge is 2.37. The van der Waals surface area contributed by atoms with Crippen molar-refractivity contribution in [3.05, 3.63) is 91.9 Å². The van der Waals surface area contributed by atoms with Crippen LogP contribution in [-0.2, 0) is 5.41 Å². The van der Waals surface area contributed by atoms with Crippen LogP contribution in [0.4, 0.5) is 0 Å². The molecule has 0 bridgehead atoms. The first-order valence-corrected chi connectivity index (χ1v) is 11.9. The molecule has 0 aromatic heterocycles. The predicted molar refractivity (Wildman–Crippen MR) is 138 cm³/mol. The summed E-state index contributed by atoms with van der Waals surface area (Å²) in [5, 5.41) is 2.71. The second-order valence-corrected chi connectivity index (χ2v) is 10.6. The van der Waals surface area contributed by atoms with Gasteiger partial charge in [0.15, 0.2) is 0 Å². The molecule has 0 fully saturated rings. The summed E-state index contributed by atoms with van der Waals surface area (Å²) in [7, 11) is 0. The van der Waals surface area contributed by atoms with Crippen molar-refractivity contribution in [2.75, 3.05) is 0 Å². The first-order chi connectivity index (χ1) is 14.6. The van der Waals surface area contributed by atoms with Crippen molar-refractivity contribution in [3.63, 3.8) is 0 Å². The van der Waals surface area contributed by atoms with E-state index in [-0.39, 0.29) is 5.41 Å².